The van der Waals surface area contributed by atoms with Gasteiger partial charge in [-0.1, -0.05) is 36.3 Å². The maximum absolute atomic E-state index is 8.82. The van der Waals surface area contributed by atoms with Gasteiger partial charge in [-0.05, 0) is 12.0 Å². The van der Waals surface area contributed by atoms with Gasteiger partial charge in [0.15, 0.2) is 5.84 Å². The number of nitrogens with one attached hydrogen (secondary N) is 1. The maximum atomic E-state index is 8.82. The van der Waals surface area contributed by atoms with Gasteiger partial charge in [0.1, 0.15) is 5.01 Å². The predicted molar refractivity (Wildman–Crippen MR) is 80.9 cm³/mol. The zero-order valence-corrected chi connectivity index (χ0v) is 12.1. The van der Waals surface area contributed by atoms with Crippen LogP contribution in [-0.2, 0) is 6.54 Å². The zero-order chi connectivity index (χ0) is 14.4. The minimum Gasteiger partial charge on any atom is -0.409 e. The lowest BCUT2D eigenvalue weighted by molar-refractivity contribution is 0.318. The quantitative estimate of drug-likeness (QED) is 0.330. The summed E-state index contributed by atoms with van der Waals surface area (Å²) in [5.41, 5.74) is 7.44. The van der Waals surface area contributed by atoms with Gasteiger partial charge in [0, 0.05) is 23.7 Å². The van der Waals surface area contributed by atoms with E-state index in [1.165, 1.54) is 0 Å². The third-order valence-corrected chi connectivity index (χ3v) is 3.99. The Morgan fingerprint density at radius 1 is 1.50 bits per heavy atom. The van der Waals surface area contributed by atoms with Crippen molar-refractivity contribution in [2.75, 3.05) is 0 Å². The second kappa shape index (κ2) is 7.02. The number of hydrogen-bond acceptors (Lipinski definition) is 5. The van der Waals surface area contributed by atoms with E-state index in [9.17, 15) is 0 Å². The van der Waals surface area contributed by atoms with Crippen molar-refractivity contribution in [3.63, 3.8) is 0 Å². The number of nitrogens with zero attached hydrogens (tertiary/aromatic N) is 2. The molecule has 0 radical (unpaired) electrons. The minimum atomic E-state index is 0.129. The topological polar surface area (TPSA) is 83.5 Å². The van der Waals surface area contributed by atoms with E-state index in [4.69, 9.17) is 10.9 Å². The summed E-state index contributed by atoms with van der Waals surface area (Å²) in [6, 6.07) is 7.84. The lowest BCUT2D eigenvalue weighted by atomic mass is 10.1. The van der Waals surface area contributed by atoms with Gasteiger partial charge in [0.25, 0.3) is 0 Å². The molecule has 106 valence electrons. The van der Waals surface area contributed by atoms with E-state index in [1.807, 2.05) is 35.8 Å². The van der Waals surface area contributed by atoms with Crippen LogP contribution in [-0.4, -0.2) is 16.0 Å². The van der Waals surface area contributed by atoms with Crippen LogP contribution in [0.1, 0.15) is 35.5 Å². The molecule has 0 fully saturated rings. The van der Waals surface area contributed by atoms with Crippen LogP contribution in [0.4, 0.5) is 0 Å². The summed E-state index contributed by atoms with van der Waals surface area (Å²) in [7, 11) is 0. The van der Waals surface area contributed by atoms with E-state index >= 15 is 0 Å². The molecule has 20 heavy (non-hydrogen) atoms. The molecule has 0 aliphatic heterocycles. The number of aromatic nitrogens is 1. The van der Waals surface area contributed by atoms with E-state index in [-0.39, 0.29) is 11.9 Å². The van der Waals surface area contributed by atoms with Crippen LogP contribution in [0.25, 0.3) is 0 Å². The Balaban J connectivity index is 2.11. The standard InChI is InChI=1S/C14H18N4OS/c1-2-12(14-16-7-8-20-14)17-9-10-5-3-4-6-11(10)13(15)18-19/h3-8,12,17,19H,2,9H2,1H3,(H2,15,18). The van der Waals surface area contributed by atoms with Gasteiger partial charge in [0.2, 0.25) is 0 Å². The molecule has 1 unspecified atom stereocenters. The van der Waals surface area contributed by atoms with Gasteiger partial charge in [-0.3, -0.25) is 0 Å². The molecule has 4 N–H and O–H groups in total. The molecule has 2 rings (SSSR count). The molecule has 0 amide bonds. The highest BCUT2D eigenvalue weighted by molar-refractivity contribution is 7.09. The molecule has 0 spiro atoms. The molecule has 1 heterocycles. The molecule has 5 nitrogen and oxygen atoms in total. The first-order chi connectivity index (χ1) is 9.76. The fourth-order valence-electron chi connectivity index (χ4n) is 2.02. The van der Waals surface area contributed by atoms with Crippen LogP contribution in [0.15, 0.2) is 41.0 Å². The van der Waals surface area contributed by atoms with E-state index in [0.29, 0.717) is 6.54 Å². The number of nitrogens with two attached hydrogens (primary N) is 1. The first-order valence-corrected chi connectivity index (χ1v) is 7.32. The van der Waals surface area contributed by atoms with Crippen molar-refractivity contribution in [2.45, 2.75) is 25.9 Å². The van der Waals surface area contributed by atoms with Crippen molar-refractivity contribution < 1.29 is 5.21 Å². The first kappa shape index (κ1) is 14.5. The van der Waals surface area contributed by atoms with Crippen molar-refractivity contribution in [3.8, 4) is 0 Å². The summed E-state index contributed by atoms with van der Waals surface area (Å²) in [5, 5.41) is 18.4. The minimum absolute atomic E-state index is 0.129. The zero-order valence-electron chi connectivity index (χ0n) is 11.3. The third kappa shape index (κ3) is 3.34. The molecule has 0 aliphatic rings. The normalized spacial score (nSPS) is 13.3. The Morgan fingerprint density at radius 3 is 2.95 bits per heavy atom. The van der Waals surface area contributed by atoms with E-state index in [0.717, 1.165) is 22.6 Å². The number of benzene rings is 1. The number of thiazole rings is 1. The van der Waals surface area contributed by atoms with Gasteiger partial charge in [0.05, 0.1) is 6.04 Å². The Kier molecular flexibility index (Phi) is 5.09. The second-order valence-corrected chi connectivity index (χ2v) is 5.28. The monoisotopic (exact) mass is 290 g/mol. The summed E-state index contributed by atoms with van der Waals surface area (Å²) >= 11 is 1.64. The van der Waals surface area contributed by atoms with Gasteiger partial charge >= 0.3 is 0 Å². The van der Waals surface area contributed by atoms with Gasteiger partial charge < -0.3 is 16.3 Å². The molecule has 1 aromatic carbocycles. The van der Waals surface area contributed by atoms with E-state index < -0.39 is 0 Å². The molecule has 0 bridgehead atoms. The van der Waals surface area contributed by atoms with Gasteiger partial charge in [-0.15, -0.1) is 11.3 Å². The smallest absolute Gasteiger partial charge is 0.170 e. The first-order valence-electron chi connectivity index (χ1n) is 6.44. The highest BCUT2D eigenvalue weighted by atomic mass is 32.1. The fraction of sp³-hybridized carbons (Fsp3) is 0.286. The molecule has 0 aliphatic carbocycles. The van der Waals surface area contributed by atoms with Crippen LogP contribution in [0, 0.1) is 0 Å². The summed E-state index contributed by atoms with van der Waals surface area (Å²) in [6.07, 6.45) is 2.77. The summed E-state index contributed by atoms with van der Waals surface area (Å²) < 4.78 is 0. The van der Waals surface area contributed by atoms with E-state index in [1.54, 1.807) is 11.3 Å². The Bertz CT molecular complexity index is 568. The Hall–Kier alpha value is -1.92. The average molecular weight is 290 g/mol. The van der Waals surface area contributed by atoms with Crippen molar-refractivity contribution in [1.82, 2.24) is 10.3 Å². The molecular formula is C14H18N4OS. The van der Waals surface area contributed by atoms with Crippen LogP contribution < -0.4 is 11.1 Å². The van der Waals surface area contributed by atoms with Gasteiger partial charge in [-0.2, -0.15) is 0 Å². The van der Waals surface area contributed by atoms with Crippen LogP contribution in [0.3, 0.4) is 0 Å². The lowest BCUT2D eigenvalue weighted by Crippen LogP contribution is -2.23. The van der Waals surface area contributed by atoms with Crippen molar-refractivity contribution >= 4 is 17.2 Å². The average Bonchev–Trinajstić information content (AvgIpc) is 3.02. The van der Waals surface area contributed by atoms with Crippen molar-refractivity contribution in [1.29, 1.82) is 0 Å². The number of oxime groups is 1. The van der Waals surface area contributed by atoms with Crippen molar-refractivity contribution in [2.24, 2.45) is 10.9 Å². The van der Waals surface area contributed by atoms with E-state index in [2.05, 4.69) is 22.4 Å². The van der Waals surface area contributed by atoms with Crippen LogP contribution in [0.5, 0.6) is 0 Å². The number of rotatable bonds is 6. The molecular weight excluding hydrogens is 272 g/mol. The maximum Gasteiger partial charge on any atom is 0.170 e. The SMILES string of the molecule is CCC(NCc1ccccc1C(N)=NO)c1nccs1. The number of amidine groups is 1. The third-order valence-electron chi connectivity index (χ3n) is 3.10. The fourth-order valence-corrected chi connectivity index (χ4v) is 2.82. The summed E-state index contributed by atoms with van der Waals surface area (Å²) in [6.45, 7) is 2.76. The molecule has 1 aromatic heterocycles. The predicted octanol–water partition coefficient (Wildman–Crippen LogP) is 2.48. The summed E-state index contributed by atoms with van der Waals surface area (Å²) in [4.78, 5) is 4.34. The summed E-state index contributed by atoms with van der Waals surface area (Å²) in [5.74, 6) is 0.129. The van der Waals surface area contributed by atoms with Crippen LogP contribution >= 0.6 is 11.3 Å². The molecule has 2 aromatic rings. The van der Waals surface area contributed by atoms with Gasteiger partial charge in [-0.25, -0.2) is 4.98 Å². The molecule has 1 atom stereocenters. The number of hydrogen-bond donors (Lipinski definition) is 3. The molecule has 0 saturated heterocycles. The second-order valence-electron chi connectivity index (χ2n) is 4.35. The largest absolute Gasteiger partial charge is 0.409 e. The highest BCUT2D eigenvalue weighted by Crippen LogP contribution is 2.20. The molecule has 0 saturated carbocycles. The van der Waals surface area contributed by atoms with Crippen LogP contribution in [0.2, 0.25) is 0 Å². The molecule has 6 heteroatoms. The Labute approximate surface area is 122 Å². The van der Waals surface area contributed by atoms with Crippen molar-refractivity contribution in [3.05, 3.63) is 52.0 Å². The highest BCUT2D eigenvalue weighted by Gasteiger charge is 2.13. The lowest BCUT2D eigenvalue weighted by Gasteiger charge is -2.16. The Morgan fingerprint density at radius 2 is 2.30 bits per heavy atom.